The summed E-state index contributed by atoms with van der Waals surface area (Å²) in [6, 6.07) is 0. The molecule has 0 bridgehead atoms. The molecule has 0 spiro atoms. The number of hydrogen-bond acceptors (Lipinski definition) is 5. The van der Waals surface area contributed by atoms with Gasteiger partial charge in [-0.05, 0) is 6.54 Å². The molecule has 78 valence electrons. The molecule has 12 heavy (non-hydrogen) atoms. The third-order valence-electron chi connectivity index (χ3n) is 0.945. The van der Waals surface area contributed by atoms with E-state index in [4.69, 9.17) is 26.8 Å². The second-order valence-corrected chi connectivity index (χ2v) is 2.24. The molecule has 0 aliphatic heterocycles. The Balaban J connectivity index is -0.000000177. The van der Waals surface area contributed by atoms with Crippen molar-refractivity contribution in [2.45, 2.75) is 12.5 Å². The van der Waals surface area contributed by atoms with Gasteiger partial charge in [-0.2, -0.15) is 9.90 Å². The van der Waals surface area contributed by atoms with Gasteiger partial charge in [0.1, 0.15) is 0 Å². The van der Waals surface area contributed by atoms with E-state index in [0.717, 1.165) is 6.54 Å². The van der Waals surface area contributed by atoms with Crippen molar-refractivity contribution in [3.63, 3.8) is 0 Å². The van der Waals surface area contributed by atoms with Crippen LogP contribution in [0.4, 0.5) is 0 Å². The van der Waals surface area contributed by atoms with Crippen LogP contribution in [-0.2, 0) is 0 Å². The van der Waals surface area contributed by atoms with E-state index in [0.29, 0.717) is 0 Å². The van der Waals surface area contributed by atoms with Crippen molar-refractivity contribution in [2.75, 3.05) is 26.4 Å². The molecule has 1 unspecified atom stereocenters. The molecule has 0 aliphatic carbocycles. The normalized spacial score (nSPS) is 9.50. The van der Waals surface area contributed by atoms with Crippen molar-refractivity contribution < 1.29 is 15.3 Å². The van der Waals surface area contributed by atoms with Crippen molar-refractivity contribution in [1.82, 2.24) is 0 Å². The number of aliphatic hydroxyl groups is 3. The summed E-state index contributed by atoms with van der Waals surface area (Å²) < 4.78 is 0. The summed E-state index contributed by atoms with van der Waals surface area (Å²) >= 11 is 0. The summed E-state index contributed by atoms with van der Waals surface area (Å²) in [5.74, 6) is 0. The van der Waals surface area contributed by atoms with Crippen LogP contribution in [0.1, 0.15) is 6.92 Å². The molecule has 0 amide bonds. The SMILES string of the molecule is CCN.NC(CO)(CO)CO.P. The molecule has 0 aromatic carbocycles. The van der Waals surface area contributed by atoms with Crippen molar-refractivity contribution in [2.24, 2.45) is 11.5 Å². The van der Waals surface area contributed by atoms with Gasteiger partial charge in [0.25, 0.3) is 0 Å². The van der Waals surface area contributed by atoms with Gasteiger partial charge >= 0.3 is 0 Å². The van der Waals surface area contributed by atoms with Gasteiger partial charge in [-0.1, -0.05) is 6.92 Å². The summed E-state index contributed by atoms with van der Waals surface area (Å²) in [7, 11) is 0. The van der Waals surface area contributed by atoms with Crippen molar-refractivity contribution in [3.8, 4) is 0 Å². The fourth-order valence-corrected chi connectivity index (χ4v) is 0.150. The molecular weight excluding hydrogens is 179 g/mol. The first-order valence-corrected chi connectivity index (χ1v) is 3.41. The first-order valence-electron chi connectivity index (χ1n) is 3.41. The third-order valence-corrected chi connectivity index (χ3v) is 0.945. The second kappa shape index (κ2) is 11.2. The topological polar surface area (TPSA) is 113 Å². The predicted molar refractivity (Wildman–Crippen MR) is 54.0 cm³/mol. The Morgan fingerprint density at radius 1 is 1.08 bits per heavy atom. The van der Waals surface area contributed by atoms with E-state index in [1.807, 2.05) is 6.92 Å². The summed E-state index contributed by atoms with van der Waals surface area (Å²) in [6.07, 6.45) is 0. The summed E-state index contributed by atoms with van der Waals surface area (Å²) in [4.78, 5) is 0. The Labute approximate surface area is 76.4 Å². The number of rotatable bonds is 3. The average Bonchev–Trinajstić information content (AvgIpc) is 2.05. The van der Waals surface area contributed by atoms with Crippen LogP contribution in [0.25, 0.3) is 0 Å². The maximum atomic E-state index is 8.34. The summed E-state index contributed by atoms with van der Waals surface area (Å²) in [6.45, 7) is 1.44. The first-order chi connectivity index (χ1) is 5.10. The molecule has 0 saturated carbocycles. The largest absolute Gasteiger partial charge is 0.394 e. The highest BCUT2D eigenvalue weighted by Crippen LogP contribution is 1.93. The van der Waals surface area contributed by atoms with Gasteiger partial charge in [0.05, 0.1) is 25.4 Å². The molecule has 0 aliphatic rings. The lowest BCUT2D eigenvalue weighted by Gasteiger charge is -2.20. The van der Waals surface area contributed by atoms with Crippen LogP contribution < -0.4 is 11.5 Å². The minimum Gasteiger partial charge on any atom is -0.394 e. The molecule has 0 aromatic rings. The lowest BCUT2D eigenvalue weighted by atomic mass is 10.1. The highest BCUT2D eigenvalue weighted by Gasteiger charge is 2.20. The molecule has 0 heterocycles. The lowest BCUT2D eigenvalue weighted by molar-refractivity contribution is 0.0698. The van der Waals surface area contributed by atoms with Gasteiger partial charge in [-0.25, -0.2) is 0 Å². The van der Waals surface area contributed by atoms with Crippen molar-refractivity contribution in [1.29, 1.82) is 0 Å². The zero-order valence-corrected chi connectivity index (χ0v) is 8.95. The van der Waals surface area contributed by atoms with Gasteiger partial charge in [-0.3, -0.25) is 0 Å². The van der Waals surface area contributed by atoms with Gasteiger partial charge in [0.15, 0.2) is 0 Å². The van der Waals surface area contributed by atoms with Crippen molar-refractivity contribution >= 4 is 9.90 Å². The highest BCUT2D eigenvalue weighted by molar-refractivity contribution is 6.92. The van der Waals surface area contributed by atoms with Gasteiger partial charge < -0.3 is 26.8 Å². The van der Waals surface area contributed by atoms with Crippen LogP contribution in [0.5, 0.6) is 0 Å². The second-order valence-electron chi connectivity index (χ2n) is 2.24. The lowest BCUT2D eigenvalue weighted by Crippen LogP contribution is -2.50. The summed E-state index contributed by atoms with van der Waals surface area (Å²) in [5, 5.41) is 25.0. The van der Waals surface area contributed by atoms with E-state index in [1.54, 1.807) is 0 Å². The van der Waals surface area contributed by atoms with Crippen LogP contribution in [0, 0.1) is 0 Å². The molecule has 0 fully saturated rings. The van der Waals surface area contributed by atoms with Gasteiger partial charge in [0, 0.05) is 0 Å². The summed E-state index contributed by atoms with van der Waals surface area (Å²) in [5.41, 5.74) is 8.78. The minimum atomic E-state index is -1.21. The Morgan fingerprint density at radius 3 is 1.25 bits per heavy atom. The zero-order valence-electron chi connectivity index (χ0n) is 7.53. The Hall–Kier alpha value is 0.230. The molecule has 5 nitrogen and oxygen atoms in total. The standard InChI is InChI=1S/C4H11NO3.C2H7N.H3P/c5-4(1-6,2-7)3-8;1-2-3;/h6-8H,1-3,5H2;2-3H2,1H3;1H3. The molecule has 0 radical (unpaired) electrons. The number of aliphatic hydroxyl groups excluding tert-OH is 3. The molecule has 0 aromatic heterocycles. The molecule has 0 saturated heterocycles. The van der Waals surface area contributed by atoms with Gasteiger partial charge in [0.2, 0.25) is 0 Å². The molecule has 1 atom stereocenters. The predicted octanol–water partition coefficient (Wildman–Crippen LogP) is -2.32. The Kier molecular flexibility index (Phi) is 16.9. The zero-order chi connectivity index (χ0) is 9.33. The van der Waals surface area contributed by atoms with Crippen LogP contribution >= 0.6 is 9.90 Å². The average molecular weight is 200 g/mol. The maximum absolute atomic E-state index is 8.34. The van der Waals surface area contributed by atoms with E-state index in [9.17, 15) is 0 Å². The van der Waals surface area contributed by atoms with Crippen molar-refractivity contribution in [3.05, 3.63) is 0 Å². The molecule has 7 N–H and O–H groups in total. The van der Waals surface area contributed by atoms with Crippen LogP contribution in [0.2, 0.25) is 0 Å². The molecule has 6 heteroatoms. The third kappa shape index (κ3) is 10.2. The van der Waals surface area contributed by atoms with E-state index < -0.39 is 25.4 Å². The number of nitrogens with two attached hydrogens (primary N) is 2. The van der Waals surface area contributed by atoms with E-state index in [1.165, 1.54) is 0 Å². The van der Waals surface area contributed by atoms with Crippen LogP contribution in [0.3, 0.4) is 0 Å². The quantitative estimate of drug-likeness (QED) is 0.328. The smallest absolute Gasteiger partial charge is 0.0856 e. The minimum absolute atomic E-state index is 0. The Bertz CT molecular complexity index is 72.9. The molecular formula is C6H21N2O3P. The van der Waals surface area contributed by atoms with E-state index >= 15 is 0 Å². The first kappa shape index (κ1) is 18.1. The highest BCUT2D eigenvalue weighted by atomic mass is 31.0. The Morgan fingerprint density at radius 2 is 1.25 bits per heavy atom. The van der Waals surface area contributed by atoms with Crippen LogP contribution in [-0.4, -0.2) is 47.2 Å². The van der Waals surface area contributed by atoms with Gasteiger partial charge in [-0.15, -0.1) is 0 Å². The number of hydrogen-bond donors (Lipinski definition) is 5. The molecule has 0 rings (SSSR count). The fourth-order valence-electron chi connectivity index (χ4n) is 0.150. The fraction of sp³-hybridized carbons (Fsp3) is 1.00. The maximum Gasteiger partial charge on any atom is 0.0856 e. The monoisotopic (exact) mass is 200 g/mol. The van der Waals surface area contributed by atoms with E-state index in [-0.39, 0.29) is 9.90 Å². The van der Waals surface area contributed by atoms with Crippen LogP contribution in [0.15, 0.2) is 0 Å². The van der Waals surface area contributed by atoms with E-state index in [2.05, 4.69) is 0 Å².